The molecule has 0 saturated carbocycles. The van der Waals surface area contributed by atoms with E-state index in [0.29, 0.717) is 11.0 Å². The van der Waals surface area contributed by atoms with Crippen molar-refractivity contribution in [2.75, 3.05) is 0 Å². The van der Waals surface area contributed by atoms with Gasteiger partial charge in [0.1, 0.15) is 11.6 Å². The molecular formula is C9H3ClN3OY-. The normalized spacial score (nSPS) is 9.33. The number of aromatic amines is 1. The van der Waals surface area contributed by atoms with Crippen molar-refractivity contribution in [2.45, 2.75) is 0 Å². The second kappa shape index (κ2) is 4.84. The van der Waals surface area contributed by atoms with Crippen molar-refractivity contribution in [2.24, 2.45) is 0 Å². The van der Waals surface area contributed by atoms with Crippen molar-refractivity contribution in [1.29, 1.82) is 5.26 Å². The second-order valence-electron chi connectivity index (χ2n) is 2.59. The quantitative estimate of drug-likeness (QED) is 0.743. The topological polar surface area (TPSA) is 69.5 Å². The number of pyridine rings is 2. The number of hydrogen-bond donors (Lipinski definition) is 1. The van der Waals surface area contributed by atoms with Gasteiger partial charge in [-0.15, -0.1) is 17.0 Å². The predicted octanol–water partition coefficient (Wildman–Crippen LogP) is 1.25. The van der Waals surface area contributed by atoms with Crippen LogP contribution in [0.4, 0.5) is 0 Å². The molecule has 2 aromatic heterocycles. The Bertz CT molecular complexity index is 602. The number of nitrogens with zero attached hydrogens (tertiary/aromatic N) is 2. The summed E-state index contributed by atoms with van der Waals surface area (Å²) >= 11 is 5.84. The number of rotatable bonds is 0. The third kappa shape index (κ3) is 2.10. The minimum absolute atomic E-state index is 0. The molecule has 0 atom stereocenters. The van der Waals surface area contributed by atoms with Crippen molar-refractivity contribution < 1.29 is 32.7 Å². The SMILES string of the molecule is N#Cc1c(Cl)c2c[c-]cnc2[nH]c1=O.[Y]. The molecule has 0 aliphatic carbocycles. The van der Waals surface area contributed by atoms with Gasteiger partial charge in [-0.25, -0.2) is 12.1 Å². The van der Waals surface area contributed by atoms with Gasteiger partial charge >= 0.3 is 0 Å². The summed E-state index contributed by atoms with van der Waals surface area (Å²) in [5.74, 6) is 0. The van der Waals surface area contributed by atoms with E-state index in [0.717, 1.165) is 0 Å². The number of hydrogen-bond acceptors (Lipinski definition) is 3. The van der Waals surface area contributed by atoms with Gasteiger partial charge in [0.05, 0.1) is 5.65 Å². The number of nitrogens with one attached hydrogen (secondary N) is 1. The summed E-state index contributed by atoms with van der Waals surface area (Å²) < 4.78 is 0. The Balaban J connectivity index is 0.00000112. The Morgan fingerprint density at radius 2 is 2.33 bits per heavy atom. The van der Waals surface area contributed by atoms with Crippen molar-refractivity contribution in [3.63, 3.8) is 0 Å². The average molecular weight is 294 g/mol. The molecule has 71 valence electrons. The summed E-state index contributed by atoms with van der Waals surface area (Å²) in [4.78, 5) is 17.6. The van der Waals surface area contributed by atoms with E-state index in [9.17, 15) is 4.79 Å². The predicted molar refractivity (Wildman–Crippen MR) is 50.9 cm³/mol. The van der Waals surface area contributed by atoms with Crippen LogP contribution < -0.4 is 5.56 Å². The first-order chi connectivity index (χ1) is 6.74. The molecule has 15 heavy (non-hydrogen) atoms. The van der Waals surface area contributed by atoms with Gasteiger partial charge < -0.3 is 4.98 Å². The second-order valence-corrected chi connectivity index (χ2v) is 2.96. The summed E-state index contributed by atoms with van der Waals surface area (Å²) in [5, 5.41) is 9.31. The molecule has 2 heterocycles. The Kier molecular flexibility index (Phi) is 3.98. The maximum absolute atomic E-state index is 11.3. The Morgan fingerprint density at radius 3 is 3.00 bits per heavy atom. The van der Waals surface area contributed by atoms with E-state index in [-0.39, 0.29) is 43.3 Å². The number of nitriles is 1. The largest absolute Gasteiger partial charge is 0.321 e. The molecule has 0 aliphatic heterocycles. The van der Waals surface area contributed by atoms with E-state index >= 15 is 0 Å². The fourth-order valence-electron chi connectivity index (χ4n) is 1.13. The van der Waals surface area contributed by atoms with Crippen molar-refractivity contribution in [1.82, 2.24) is 9.97 Å². The van der Waals surface area contributed by atoms with Crippen molar-refractivity contribution >= 4 is 22.6 Å². The first-order valence-electron chi connectivity index (χ1n) is 3.71. The molecule has 0 fully saturated rings. The van der Waals surface area contributed by atoms with Crippen LogP contribution in [0.1, 0.15) is 5.56 Å². The van der Waals surface area contributed by atoms with E-state index < -0.39 is 5.56 Å². The molecule has 6 heteroatoms. The summed E-state index contributed by atoms with van der Waals surface area (Å²) in [6.45, 7) is 0. The Labute approximate surface area is 115 Å². The first kappa shape index (κ1) is 12.3. The summed E-state index contributed by atoms with van der Waals surface area (Å²) in [5.41, 5.74) is -0.262. The molecule has 1 radical (unpaired) electrons. The monoisotopic (exact) mass is 293 g/mol. The van der Waals surface area contributed by atoms with Crippen LogP contribution in [0.15, 0.2) is 17.1 Å². The maximum Gasteiger partial charge on any atom is 0.266 e. The van der Waals surface area contributed by atoms with Gasteiger partial charge in [0.25, 0.3) is 5.56 Å². The zero-order valence-electron chi connectivity index (χ0n) is 7.41. The van der Waals surface area contributed by atoms with Crippen LogP contribution >= 0.6 is 11.6 Å². The van der Waals surface area contributed by atoms with E-state index in [1.807, 2.05) is 0 Å². The minimum Gasteiger partial charge on any atom is -0.321 e. The van der Waals surface area contributed by atoms with E-state index in [1.54, 1.807) is 12.1 Å². The van der Waals surface area contributed by atoms with Crippen LogP contribution in [0, 0.1) is 17.4 Å². The van der Waals surface area contributed by atoms with Crippen LogP contribution in [0.3, 0.4) is 0 Å². The third-order valence-electron chi connectivity index (χ3n) is 1.78. The molecule has 4 nitrogen and oxygen atoms in total. The summed E-state index contributed by atoms with van der Waals surface area (Å²) in [6, 6.07) is 6.03. The first-order valence-corrected chi connectivity index (χ1v) is 4.09. The Morgan fingerprint density at radius 1 is 1.60 bits per heavy atom. The van der Waals surface area contributed by atoms with Gasteiger partial charge in [0, 0.05) is 32.7 Å². The molecule has 0 aliphatic rings. The standard InChI is InChI=1S/C9H3ClN3O.Y/c10-7-5-2-1-3-12-8(5)13-9(14)6(7)4-11;/h2-3H,(H,12,13,14);/q-1;. The number of halogens is 1. The van der Waals surface area contributed by atoms with Crippen LogP contribution in [0.25, 0.3) is 11.0 Å². The van der Waals surface area contributed by atoms with Crippen LogP contribution in [-0.4, -0.2) is 9.97 Å². The molecule has 0 spiro atoms. The summed E-state index contributed by atoms with van der Waals surface area (Å²) in [7, 11) is 0. The van der Waals surface area contributed by atoms with E-state index in [2.05, 4.69) is 16.0 Å². The maximum atomic E-state index is 11.3. The van der Waals surface area contributed by atoms with Gasteiger partial charge in [-0.2, -0.15) is 5.26 Å². The van der Waals surface area contributed by atoms with Crippen molar-refractivity contribution in [3.8, 4) is 6.07 Å². The fraction of sp³-hybridized carbons (Fsp3) is 0. The molecule has 0 saturated heterocycles. The van der Waals surface area contributed by atoms with Gasteiger partial charge in [-0.05, 0) is 5.02 Å². The van der Waals surface area contributed by atoms with Crippen LogP contribution in [0.5, 0.6) is 0 Å². The molecule has 2 rings (SSSR count). The number of H-pyrrole nitrogens is 1. The van der Waals surface area contributed by atoms with Gasteiger partial charge in [0.2, 0.25) is 0 Å². The van der Waals surface area contributed by atoms with Crippen LogP contribution in [-0.2, 0) is 32.7 Å². The van der Waals surface area contributed by atoms with Gasteiger partial charge in [-0.1, -0.05) is 6.20 Å². The van der Waals surface area contributed by atoms with Crippen LogP contribution in [0.2, 0.25) is 5.02 Å². The molecule has 0 bridgehead atoms. The zero-order chi connectivity index (χ0) is 10.1. The number of aromatic nitrogens is 2. The zero-order valence-corrected chi connectivity index (χ0v) is 11.0. The third-order valence-corrected chi connectivity index (χ3v) is 2.17. The molecular weight excluding hydrogens is 290 g/mol. The van der Waals surface area contributed by atoms with E-state index in [1.165, 1.54) is 6.20 Å². The van der Waals surface area contributed by atoms with Gasteiger partial charge in [-0.3, -0.25) is 9.78 Å². The van der Waals surface area contributed by atoms with Gasteiger partial charge in [0.15, 0.2) is 0 Å². The molecule has 2 aromatic rings. The molecule has 0 aromatic carbocycles. The number of fused-ring (bicyclic) bond motifs is 1. The summed E-state index contributed by atoms with van der Waals surface area (Å²) in [6.07, 6.45) is 1.42. The van der Waals surface area contributed by atoms with E-state index in [4.69, 9.17) is 16.9 Å². The molecule has 0 amide bonds. The minimum atomic E-state index is -0.524. The molecule has 1 N–H and O–H groups in total. The smallest absolute Gasteiger partial charge is 0.266 e. The average Bonchev–Trinajstić information content (AvgIpc) is 2.18. The Hall–Kier alpha value is -0.756. The fourth-order valence-corrected chi connectivity index (χ4v) is 1.40. The van der Waals surface area contributed by atoms with Crippen molar-refractivity contribution in [3.05, 3.63) is 39.3 Å². The molecule has 0 unspecified atom stereocenters.